The molecule has 0 fully saturated rings. The van der Waals surface area contributed by atoms with Crippen LogP contribution in [-0.2, 0) is 0 Å². The molecule has 0 saturated heterocycles. The van der Waals surface area contributed by atoms with E-state index in [1.807, 2.05) is 0 Å². The lowest BCUT2D eigenvalue weighted by molar-refractivity contribution is 0.323. The molecule has 0 heterocycles. The van der Waals surface area contributed by atoms with Crippen molar-refractivity contribution in [1.29, 1.82) is 0 Å². The Kier molecular flexibility index (Phi) is 7.27. The second-order valence-electron chi connectivity index (χ2n) is 6.96. The van der Waals surface area contributed by atoms with Crippen molar-refractivity contribution in [3.8, 4) is 0 Å². The number of nitrogens with one attached hydrogen (secondary N) is 1. The van der Waals surface area contributed by atoms with Crippen molar-refractivity contribution < 1.29 is 0 Å². The van der Waals surface area contributed by atoms with Gasteiger partial charge < -0.3 is 0 Å². The molecule has 2 heteroatoms. The fourth-order valence-electron chi connectivity index (χ4n) is 2.72. The van der Waals surface area contributed by atoms with E-state index < -0.39 is 8.07 Å². The first-order chi connectivity index (χ1) is 11.1. The van der Waals surface area contributed by atoms with E-state index >= 15 is 0 Å². The lowest BCUT2D eigenvalue weighted by atomic mass is 9.87. The van der Waals surface area contributed by atoms with E-state index in [-0.39, 0.29) is 0 Å². The van der Waals surface area contributed by atoms with Crippen LogP contribution in [-0.4, -0.2) is 6.54 Å². The highest BCUT2D eigenvalue weighted by Gasteiger charge is 2.21. The highest BCUT2D eigenvalue weighted by Crippen LogP contribution is 2.32. The van der Waals surface area contributed by atoms with Crippen LogP contribution < -0.4 is 15.7 Å². The molecule has 0 saturated carbocycles. The van der Waals surface area contributed by atoms with Crippen molar-refractivity contribution in [1.82, 2.24) is 5.09 Å². The zero-order chi connectivity index (χ0) is 16.5. The van der Waals surface area contributed by atoms with Crippen molar-refractivity contribution in [3.05, 3.63) is 60.7 Å². The topological polar surface area (TPSA) is 12.0 Å². The Balaban J connectivity index is 2.07. The summed E-state index contributed by atoms with van der Waals surface area (Å²) in [4.78, 5) is 0. The Morgan fingerprint density at radius 3 is 1.83 bits per heavy atom. The molecule has 0 aromatic heterocycles. The molecule has 0 spiro atoms. The quantitative estimate of drug-likeness (QED) is 0.491. The minimum Gasteiger partial charge on any atom is -0.288 e. The highest BCUT2D eigenvalue weighted by atomic mass is 31.1. The van der Waals surface area contributed by atoms with Gasteiger partial charge in [0.05, 0.1) is 0 Å². The number of rotatable bonds is 9. The molecule has 2 aromatic rings. The number of benzene rings is 2. The van der Waals surface area contributed by atoms with Crippen molar-refractivity contribution in [2.24, 2.45) is 5.41 Å². The van der Waals surface area contributed by atoms with Crippen LogP contribution in [0.4, 0.5) is 0 Å². The molecule has 0 aliphatic carbocycles. The summed E-state index contributed by atoms with van der Waals surface area (Å²) in [6.45, 7) is 8.11. The molecule has 1 nitrogen and oxygen atoms in total. The van der Waals surface area contributed by atoms with Crippen molar-refractivity contribution in [2.45, 2.75) is 46.5 Å². The summed E-state index contributed by atoms with van der Waals surface area (Å²) in [6, 6.07) is 21.7. The van der Waals surface area contributed by atoms with Gasteiger partial charge in [-0.15, -0.1) is 0 Å². The summed E-state index contributed by atoms with van der Waals surface area (Å²) in [5.74, 6) is 0. The Morgan fingerprint density at radius 2 is 1.35 bits per heavy atom. The van der Waals surface area contributed by atoms with Crippen molar-refractivity contribution >= 4 is 18.7 Å². The Bertz CT molecular complexity index is 511. The molecule has 0 aliphatic heterocycles. The van der Waals surface area contributed by atoms with Crippen LogP contribution in [0.1, 0.15) is 46.5 Å². The predicted octanol–water partition coefficient (Wildman–Crippen LogP) is 5.23. The zero-order valence-corrected chi connectivity index (χ0v) is 15.7. The summed E-state index contributed by atoms with van der Waals surface area (Å²) in [6.07, 6.45) is 5.26. The van der Waals surface area contributed by atoms with Crippen LogP contribution >= 0.6 is 8.07 Å². The Labute approximate surface area is 143 Å². The first kappa shape index (κ1) is 18.2. The average Bonchev–Trinajstić information content (AvgIpc) is 2.57. The van der Waals surface area contributed by atoms with Gasteiger partial charge in [-0.1, -0.05) is 101 Å². The lowest BCUT2D eigenvalue weighted by Gasteiger charge is -2.29. The van der Waals surface area contributed by atoms with Gasteiger partial charge in [0.2, 0.25) is 0 Å². The molecule has 0 radical (unpaired) electrons. The first-order valence-corrected chi connectivity index (χ1v) is 10.1. The molecule has 2 rings (SSSR count). The normalized spacial score (nSPS) is 11.8. The lowest BCUT2D eigenvalue weighted by Crippen LogP contribution is -2.31. The van der Waals surface area contributed by atoms with Gasteiger partial charge in [0, 0.05) is 14.6 Å². The van der Waals surface area contributed by atoms with E-state index in [2.05, 4.69) is 86.5 Å². The molecule has 2 aromatic carbocycles. The molecule has 0 aliphatic rings. The van der Waals surface area contributed by atoms with Gasteiger partial charge in [-0.2, -0.15) is 0 Å². The fourth-order valence-corrected chi connectivity index (χ4v) is 4.91. The highest BCUT2D eigenvalue weighted by molar-refractivity contribution is 7.71. The minimum atomic E-state index is -0.484. The molecule has 0 atom stereocenters. The number of hydrogen-bond donors (Lipinski definition) is 1. The molecule has 124 valence electrons. The second kappa shape index (κ2) is 9.21. The van der Waals surface area contributed by atoms with Gasteiger partial charge in [-0.05, 0) is 22.4 Å². The molecule has 23 heavy (non-hydrogen) atoms. The third-order valence-electron chi connectivity index (χ3n) is 4.20. The zero-order valence-electron chi connectivity index (χ0n) is 14.8. The van der Waals surface area contributed by atoms with E-state index in [1.54, 1.807) is 0 Å². The van der Waals surface area contributed by atoms with E-state index in [0.29, 0.717) is 5.41 Å². The van der Waals surface area contributed by atoms with Gasteiger partial charge in [0.1, 0.15) is 0 Å². The monoisotopic (exact) mass is 327 g/mol. The fraction of sp³-hybridized carbons (Fsp3) is 0.429. The van der Waals surface area contributed by atoms with Crippen molar-refractivity contribution in [3.63, 3.8) is 0 Å². The maximum atomic E-state index is 3.88. The summed E-state index contributed by atoms with van der Waals surface area (Å²) in [5.41, 5.74) is 0.347. The van der Waals surface area contributed by atoms with Gasteiger partial charge >= 0.3 is 0 Å². The Hall–Kier alpha value is -1.17. The van der Waals surface area contributed by atoms with E-state index in [4.69, 9.17) is 0 Å². The van der Waals surface area contributed by atoms with E-state index in [0.717, 1.165) is 6.54 Å². The average molecular weight is 327 g/mol. The Morgan fingerprint density at radius 1 is 0.826 bits per heavy atom. The first-order valence-electron chi connectivity index (χ1n) is 8.76. The molecular formula is C21H30NP. The van der Waals surface area contributed by atoms with Crippen LogP contribution in [0.25, 0.3) is 0 Å². The largest absolute Gasteiger partial charge is 0.288 e. The van der Waals surface area contributed by atoms with E-state index in [1.165, 1.54) is 36.3 Å². The number of hydrogen-bond acceptors (Lipinski definition) is 1. The summed E-state index contributed by atoms with van der Waals surface area (Å²) >= 11 is 0. The molecule has 1 N–H and O–H groups in total. The number of unbranched alkanes of at least 4 members (excludes halogenated alkanes) is 2. The molecule has 0 bridgehead atoms. The van der Waals surface area contributed by atoms with Crippen LogP contribution in [0, 0.1) is 5.41 Å². The van der Waals surface area contributed by atoms with E-state index in [9.17, 15) is 0 Å². The minimum absolute atomic E-state index is 0.347. The standard InChI is InChI=1S/C21H30NP/c1-4-5-12-17-21(2,3)18-22-23(19-13-8-6-9-14-19)20-15-10-7-11-16-20/h6-11,13-16,22H,4-5,12,17-18H2,1-3H3. The van der Waals surface area contributed by atoms with Gasteiger partial charge in [0.15, 0.2) is 0 Å². The summed E-state index contributed by atoms with van der Waals surface area (Å²) in [7, 11) is -0.484. The maximum absolute atomic E-state index is 3.88. The third-order valence-corrected chi connectivity index (χ3v) is 6.31. The maximum Gasteiger partial charge on any atom is 0.0253 e. The van der Waals surface area contributed by atoms with Crippen LogP contribution in [0.3, 0.4) is 0 Å². The van der Waals surface area contributed by atoms with Gasteiger partial charge in [-0.3, -0.25) is 5.09 Å². The molecule has 0 amide bonds. The predicted molar refractivity (Wildman–Crippen MR) is 105 cm³/mol. The third kappa shape index (κ3) is 6.09. The van der Waals surface area contributed by atoms with Gasteiger partial charge in [0.25, 0.3) is 0 Å². The smallest absolute Gasteiger partial charge is 0.0253 e. The van der Waals surface area contributed by atoms with Crippen LogP contribution in [0.5, 0.6) is 0 Å². The second-order valence-corrected chi connectivity index (χ2v) is 8.98. The van der Waals surface area contributed by atoms with Crippen LogP contribution in [0.2, 0.25) is 0 Å². The summed E-state index contributed by atoms with van der Waals surface area (Å²) < 4.78 is 0. The SMILES string of the molecule is CCCCCC(C)(C)CNP(c1ccccc1)c1ccccc1. The molecule has 0 unspecified atom stereocenters. The molecular weight excluding hydrogens is 297 g/mol. The van der Waals surface area contributed by atoms with Crippen LogP contribution in [0.15, 0.2) is 60.7 Å². The van der Waals surface area contributed by atoms with Crippen molar-refractivity contribution in [2.75, 3.05) is 6.54 Å². The summed E-state index contributed by atoms with van der Waals surface area (Å²) in [5, 5.41) is 6.69. The van der Waals surface area contributed by atoms with Gasteiger partial charge in [-0.25, -0.2) is 0 Å².